The second-order valence-electron chi connectivity index (χ2n) is 6.06. The fourth-order valence-electron chi connectivity index (χ4n) is 3.47. The summed E-state index contributed by atoms with van der Waals surface area (Å²) in [5, 5.41) is 0. The van der Waals surface area contributed by atoms with E-state index in [1.54, 1.807) is 0 Å². The number of carbonyl (C=O) groups excluding carboxylic acids is 1. The van der Waals surface area contributed by atoms with Crippen LogP contribution in [0.2, 0.25) is 0 Å². The first-order valence-electron chi connectivity index (χ1n) is 7.43. The van der Waals surface area contributed by atoms with Crippen molar-refractivity contribution in [1.82, 2.24) is 4.90 Å². The van der Waals surface area contributed by atoms with Crippen molar-refractivity contribution in [2.45, 2.75) is 26.1 Å². The van der Waals surface area contributed by atoms with Crippen LogP contribution < -0.4 is 4.74 Å². The van der Waals surface area contributed by atoms with Crippen LogP contribution in [0.25, 0.3) is 0 Å². The predicted molar refractivity (Wildman–Crippen MR) is 73.7 cm³/mol. The zero-order valence-corrected chi connectivity index (χ0v) is 11.7. The van der Waals surface area contributed by atoms with Crippen LogP contribution in [0.15, 0.2) is 18.2 Å². The molecule has 0 bridgehead atoms. The zero-order valence-electron chi connectivity index (χ0n) is 11.7. The SMILES string of the molecule is CCN1C[C@H]2C[C@H]2[C@@H](Oc2ccc3c(c2)COC3=O)C1. The Kier molecular flexibility index (Phi) is 2.74. The molecule has 20 heavy (non-hydrogen) atoms. The molecular formula is C16H19NO3. The fourth-order valence-corrected chi connectivity index (χ4v) is 3.47. The van der Waals surface area contributed by atoms with Crippen molar-refractivity contribution in [3.63, 3.8) is 0 Å². The molecule has 0 amide bonds. The van der Waals surface area contributed by atoms with Gasteiger partial charge in [0.2, 0.25) is 0 Å². The number of carbonyl (C=O) groups is 1. The maximum Gasteiger partial charge on any atom is 0.338 e. The molecule has 0 radical (unpaired) electrons. The quantitative estimate of drug-likeness (QED) is 0.790. The van der Waals surface area contributed by atoms with E-state index in [1.165, 1.54) is 13.0 Å². The van der Waals surface area contributed by atoms with Crippen molar-refractivity contribution in [1.29, 1.82) is 0 Å². The number of hydrogen-bond acceptors (Lipinski definition) is 4. The zero-order chi connectivity index (χ0) is 13.7. The monoisotopic (exact) mass is 273 g/mol. The third-order valence-corrected chi connectivity index (χ3v) is 4.78. The number of piperidine rings is 1. The Hall–Kier alpha value is -1.55. The van der Waals surface area contributed by atoms with Gasteiger partial charge >= 0.3 is 5.97 Å². The standard InChI is InChI=1S/C16H19NO3/c1-2-17-7-10-6-14(10)15(8-17)20-12-3-4-13-11(5-12)9-19-16(13)18/h3-5,10,14-15H,2,6-9H2,1H3/t10-,14-,15+/m1/s1. The summed E-state index contributed by atoms with van der Waals surface area (Å²) in [5.74, 6) is 2.20. The first kappa shape index (κ1) is 12.2. The molecule has 3 atom stereocenters. The summed E-state index contributed by atoms with van der Waals surface area (Å²) in [6.45, 7) is 5.93. The molecule has 2 aliphatic heterocycles. The van der Waals surface area contributed by atoms with Crippen LogP contribution in [0.4, 0.5) is 0 Å². The van der Waals surface area contributed by atoms with Crippen LogP contribution in [0, 0.1) is 11.8 Å². The summed E-state index contributed by atoms with van der Waals surface area (Å²) in [6, 6.07) is 5.68. The number of ether oxygens (including phenoxy) is 2. The summed E-state index contributed by atoms with van der Waals surface area (Å²) in [5.41, 5.74) is 1.63. The minimum atomic E-state index is -0.219. The van der Waals surface area contributed by atoms with Crippen LogP contribution in [0.3, 0.4) is 0 Å². The maximum absolute atomic E-state index is 11.4. The number of likely N-dealkylation sites (tertiary alicyclic amines) is 1. The van der Waals surface area contributed by atoms with Gasteiger partial charge in [-0.05, 0) is 37.1 Å². The summed E-state index contributed by atoms with van der Waals surface area (Å²) >= 11 is 0. The molecule has 0 unspecified atom stereocenters. The van der Waals surface area contributed by atoms with Gasteiger partial charge in [0.15, 0.2) is 0 Å². The van der Waals surface area contributed by atoms with E-state index in [2.05, 4.69) is 11.8 Å². The van der Waals surface area contributed by atoms with E-state index in [0.717, 1.165) is 36.2 Å². The number of likely N-dealkylation sites (N-methyl/N-ethyl adjacent to an activating group) is 1. The Bertz CT molecular complexity index is 557. The van der Waals surface area contributed by atoms with Gasteiger partial charge in [-0.1, -0.05) is 6.92 Å². The molecule has 4 nitrogen and oxygen atoms in total. The van der Waals surface area contributed by atoms with Crippen molar-refractivity contribution in [3.05, 3.63) is 29.3 Å². The van der Waals surface area contributed by atoms with Gasteiger partial charge in [-0.15, -0.1) is 0 Å². The van der Waals surface area contributed by atoms with E-state index < -0.39 is 0 Å². The van der Waals surface area contributed by atoms with Crippen LogP contribution >= 0.6 is 0 Å². The van der Waals surface area contributed by atoms with Crippen LogP contribution in [-0.2, 0) is 11.3 Å². The lowest BCUT2D eigenvalue weighted by molar-refractivity contribution is 0.0534. The molecule has 0 spiro atoms. The van der Waals surface area contributed by atoms with Gasteiger partial charge in [-0.3, -0.25) is 4.90 Å². The number of rotatable bonds is 3. The fraction of sp³-hybridized carbons (Fsp3) is 0.562. The lowest BCUT2D eigenvalue weighted by Crippen LogP contribution is -2.42. The van der Waals surface area contributed by atoms with E-state index in [1.807, 2.05) is 18.2 Å². The molecule has 4 rings (SSSR count). The van der Waals surface area contributed by atoms with E-state index in [-0.39, 0.29) is 5.97 Å². The van der Waals surface area contributed by atoms with E-state index in [4.69, 9.17) is 9.47 Å². The van der Waals surface area contributed by atoms with Gasteiger partial charge in [0.05, 0.1) is 5.56 Å². The van der Waals surface area contributed by atoms with Crippen LogP contribution in [0.1, 0.15) is 29.3 Å². The van der Waals surface area contributed by atoms with Gasteiger partial charge in [-0.25, -0.2) is 4.79 Å². The number of cyclic esters (lactones) is 1. The minimum absolute atomic E-state index is 0.219. The number of benzene rings is 1. The van der Waals surface area contributed by atoms with Gasteiger partial charge in [0, 0.05) is 24.6 Å². The van der Waals surface area contributed by atoms with Crippen LogP contribution in [-0.4, -0.2) is 36.6 Å². The van der Waals surface area contributed by atoms with Gasteiger partial charge in [-0.2, -0.15) is 0 Å². The Balaban J connectivity index is 1.50. The molecule has 1 aromatic carbocycles. The minimum Gasteiger partial charge on any atom is -0.489 e. The second-order valence-corrected chi connectivity index (χ2v) is 6.06. The molecular weight excluding hydrogens is 254 g/mol. The summed E-state index contributed by atoms with van der Waals surface area (Å²) < 4.78 is 11.2. The Labute approximate surface area is 118 Å². The highest BCUT2D eigenvalue weighted by atomic mass is 16.5. The lowest BCUT2D eigenvalue weighted by atomic mass is 10.1. The molecule has 106 valence electrons. The second kappa shape index (κ2) is 4.48. The molecule has 2 heterocycles. The van der Waals surface area contributed by atoms with Gasteiger partial charge in [0.25, 0.3) is 0 Å². The average molecular weight is 273 g/mol. The number of fused-ring (bicyclic) bond motifs is 2. The normalized spacial score (nSPS) is 31.4. The van der Waals surface area contributed by atoms with E-state index in [0.29, 0.717) is 18.3 Å². The summed E-state index contributed by atoms with van der Waals surface area (Å²) in [7, 11) is 0. The highest BCUT2D eigenvalue weighted by Gasteiger charge is 2.48. The van der Waals surface area contributed by atoms with Gasteiger partial charge < -0.3 is 9.47 Å². The smallest absolute Gasteiger partial charge is 0.338 e. The van der Waals surface area contributed by atoms with Crippen molar-refractivity contribution < 1.29 is 14.3 Å². The highest BCUT2D eigenvalue weighted by molar-refractivity contribution is 5.93. The first-order valence-corrected chi connectivity index (χ1v) is 7.43. The number of nitrogens with zero attached hydrogens (tertiary/aromatic N) is 1. The average Bonchev–Trinajstić information content (AvgIpc) is 3.16. The van der Waals surface area contributed by atoms with Crippen molar-refractivity contribution in [3.8, 4) is 5.75 Å². The summed E-state index contributed by atoms with van der Waals surface area (Å²) in [4.78, 5) is 13.9. The van der Waals surface area contributed by atoms with Crippen molar-refractivity contribution >= 4 is 5.97 Å². The topological polar surface area (TPSA) is 38.8 Å². The molecule has 1 saturated heterocycles. The Morgan fingerprint density at radius 3 is 3.15 bits per heavy atom. The van der Waals surface area contributed by atoms with Crippen LogP contribution in [0.5, 0.6) is 5.75 Å². The molecule has 0 N–H and O–H groups in total. The number of esters is 1. The third kappa shape index (κ3) is 1.99. The molecule has 0 aromatic heterocycles. The highest BCUT2D eigenvalue weighted by Crippen LogP contribution is 2.46. The van der Waals surface area contributed by atoms with E-state index in [9.17, 15) is 4.79 Å². The van der Waals surface area contributed by atoms with Gasteiger partial charge in [0.1, 0.15) is 18.5 Å². The van der Waals surface area contributed by atoms with Crippen molar-refractivity contribution in [2.75, 3.05) is 19.6 Å². The summed E-state index contributed by atoms with van der Waals surface area (Å²) in [6.07, 6.45) is 1.60. The predicted octanol–water partition coefficient (Wildman–Crippen LogP) is 2.08. The largest absolute Gasteiger partial charge is 0.489 e. The van der Waals surface area contributed by atoms with Crippen molar-refractivity contribution in [2.24, 2.45) is 11.8 Å². The molecule has 1 saturated carbocycles. The molecule has 2 fully saturated rings. The molecule has 3 aliphatic rings. The maximum atomic E-state index is 11.4. The molecule has 1 aromatic rings. The number of hydrogen-bond donors (Lipinski definition) is 0. The molecule has 1 aliphatic carbocycles. The van der Waals surface area contributed by atoms with E-state index >= 15 is 0 Å². The Morgan fingerprint density at radius 2 is 2.30 bits per heavy atom. The molecule has 4 heteroatoms. The first-order chi connectivity index (χ1) is 9.74. The lowest BCUT2D eigenvalue weighted by Gasteiger charge is -2.31. The Morgan fingerprint density at radius 1 is 1.40 bits per heavy atom. The third-order valence-electron chi connectivity index (χ3n) is 4.78.